The number of hydrogen-bond acceptors (Lipinski definition) is 4. The number of aliphatic carboxylic acids is 1. The first-order valence-corrected chi connectivity index (χ1v) is 9.67. The molecule has 8 heteroatoms. The number of halogens is 1. The number of nitrogens with zero attached hydrogens (tertiary/aromatic N) is 1. The molecule has 0 saturated heterocycles. The number of benzene rings is 2. The Labute approximate surface area is 150 Å². The number of nitrogens with one attached hydrogen (secondary N) is 1. The Morgan fingerprint density at radius 1 is 1.23 bits per heavy atom. The van der Waals surface area contributed by atoms with Crippen LogP contribution in [0.15, 0.2) is 47.4 Å². The minimum atomic E-state index is -3.81. The molecule has 0 bridgehead atoms. The first-order chi connectivity index (χ1) is 12.3. The Bertz CT molecular complexity index is 1010. The Morgan fingerprint density at radius 2 is 1.96 bits per heavy atom. The van der Waals surface area contributed by atoms with Crippen LogP contribution < -0.4 is 9.62 Å². The second-order valence-electron chi connectivity index (χ2n) is 6.63. The molecule has 0 aromatic heterocycles. The first-order valence-electron chi connectivity index (χ1n) is 8.19. The van der Waals surface area contributed by atoms with Crippen LogP contribution in [0.1, 0.15) is 30.0 Å². The summed E-state index contributed by atoms with van der Waals surface area (Å²) in [6.07, 6.45) is 0. The van der Waals surface area contributed by atoms with Crippen LogP contribution in [-0.4, -0.2) is 32.1 Å². The molecule has 4 rings (SSSR count). The molecule has 0 amide bonds. The molecular formula is C18H17FN2O4S. The monoisotopic (exact) mass is 376 g/mol. The number of rotatable bonds is 3. The fourth-order valence-corrected chi connectivity index (χ4v) is 5.60. The normalized spacial score (nSPS) is 25.8. The fraction of sp³-hybridized carbons (Fsp3) is 0.278. The van der Waals surface area contributed by atoms with E-state index < -0.39 is 27.9 Å². The maximum absolute atomic E-state index is 13.6. The molecule has 26 heavy (non-hydrogen) atoms. The minimum absolute atomic E-state index is 0.0520. The van der Waals surface area contributed by atoms with E-state index in [4.69, 9.17) is 0 Å². The molecule has 2 aliphatic rings. The Balaban J connectivity index is 1.83. The summed E-state index contributed by atoms with van der Waals surface area (Å²) < 4.78 is 41.1. The van der Waals surface area contributed by atoms with Gasteiger partial charge in [-0.25, -0.2) is 17.5 Å². The van der Waals surface area contributed by atoms with Gasteiger partial charge in [-0.1, -0.05) is 24.3 Å². The SMILES string of the molecule is CC1C(C2NS(=O)(=O)c3cc(F)ccc32)c2ccccc2N1CC(=O)O. The molecule has 2 aromatic rings. The molecule has 0 spiro atoms. The van der Waals surface area contributed by atoms with Crippen molar-refractivity contribution in [2.75, 3.05) is 11.4 Å². The van der Waals surface area contributed by atoms with Crippen LogP contribution in [0.25, 0.3) is 0 Å². The van der Waals surface area contributed by atoms with Crippen LogP contribution in [0.4, 0.5) is 10.1 Å². The van der Waals surface area contributed by atoms with Crippen molar-refractivity contribution in [2.45, 2.75) is 29.8 Å². The van der Waals surface area contributed by atoms with Gasteiger partial charge in [0, 0.05) is 17.6 Å². The highest BCUT2D eigenvalue weighted by molar-refractivity contribution is 7.89. The van der Waals surface area contributed by atoms with Crippen molar-refractivity contribution in [2.24, 2.45) is 0 Å². The number of sulfonamides is 1. The number of carboxylic acids is 1. The fourth-order valence-electron chi connectivity index (χ4n) is 4.10. The van der Waals surface area contributed by atoms with Gasteiger partial charge in [-0.3, -0.25) is 4.79 Å². The third-order valence-electron chi connectivity index (χ3n) is 5.16. The van der Waals surface area contributed by atoms with Crippen LogP contribution >= 0.6 is 0 Å². The molecule has 0 fully saturated rings. The van der Waals surface area contributed by atoms with Crippen molar-refractivity contribution in [3.8, 4) is 0 Å². The molecule has 3 atom stereocenters. The van der Waals surface area contributed by atoms with Gasteiger partial charge in [-0.2, -0.15) is 0 Å². The number of carbonyl (C=O) groups is 1. The highest BCUT2D eigenvalue weighted by Crippen LogP contribution is 2.50. The average Bonchev–Trinajstić information content (AvgIpc) is 2.99. The largest absolute Gasteiger partial charge is 0.480 e. The summed E-state index contributed by atoms with van der Waals surface area (Å²) in [5.41, 5.74) is 2.17. The van der Waals surface area contributed by atoms with E-state index in [9.17, 15) is 22.7 Å². The predicted molar refractivity (Wildman–Crippen MR) is 93.1 cm³/mol. The Hall–Kier alpha value is -2.45. The summed E-state index contributed by atoms with van der Waals surface area (Å²) in [7, 11) is -3.81. The lowest BCUT2D eigenvalue weighted by Crippen LogP contribution is -2.39. The van der Waals surface area contributed by atoms with Crippen LogP contribution in [0.3, 0.4) is 0 Å². The van der Waals surface area contributed by atoms with Crippen LogP contribution in [0, 0.1) is 5.82 Å². The minimum Gasteiger partial charge on any atom is -0.480 e. The van der Waals surface area contributed by atoms with E-state index in [0.717, 1.165) is 17.3 Å². The molecule has 0 aliphatic carbocycles. The van der Waals surface area contributed by atoms with Gasteiger partial charge >= 0.3 is 5.97 Å². The maximum Gasteiger partial charge on any atom is 0.323 e. The molecular weight excluding hydrogens is 359 g/mol. The quantitative estimate of drug-likeness (QED) is 0.858. The van der Waals surface area contributed by atoms with Gasteiger partial charge in [0.15, 0.2) is 0 Å². The Kier molecular flexibility index (Phi) is 3.78. The molecule has 0 radical (unpaired) electrons. The van der Waals surface area contributed by atoms with Gasteiger partial charge in [0.1, 0.15) is 12.4 Å². The molecule has 136 valence electrons. The lowest BCUT2D eigenvalue weighted by Gasteiger charge is -2.29. The van der Waals surface area contributed by atoms with Crippen molar-refractivity contribution >= 4 is 21.7 Å². The lowest BCUT2D eigenvalue weighted by atomic mass is 9.85. The summed E-state index contributed by atoms with van der Waals surface area (Å²) in [4.78, 5) is 13.0. The molecule has 2 N–H and O–H groups in total. The van der Waals surface area contributed by atoms with Gasteiger partial charge in [-0.05, 0) is 36.2 Å². The van der Waals surface area contributed by atoms with Crippen molar-refractivity contribution in [1.82, 2.24) is 4.72 Å². The molecule has 2 aliphatic heterocycles. The van der Waals surface area contributed by atoms with E-state index >= 15 is 0 Å². The summed E-state index contributed by atoms with van der Waals surface area (Å²) in [6, 6.07) is 10.3. The predicted octanol–water partition coefficient (Wildman–Crippen LogP) is 2.24. The van der Waals surface area contributed by atoms with Crippen molar-refractivity contribution in [3.63, 3.8) is 0 Å². The molecule has 3 unspecified atom stereocenters. The highest BCUT2D eigenvalue weighted by atomic mass is 32.2. The van der Waals surface area contributed by atoms with E-state index in [2.05, 4.69) is 4.72 Å². The second-order valence-corrected chi connectivity index (χ2v) is 8.31. The first kappa shape index (κ1) is 17.0. The summed E-state index contributed by atoms with van der Waals surface area (Å²) in [5.74, 6) is -1.85. The summed E-state index contributed by atoms with van der Waals surface area (Å²) in [5, 5.41) is 9.25. The van der Waals surface area contributed by atoms with E-state index in [1.54, 1.807) is 4.90 Å². The number of fused-ring (bicyclic) bond motifs is 2. The van der Waals surface area contributed by atoms with Gasteiger partial charge in [-0.15, -0.1) is 0 Å². The number of para-hydroxylation sites is 1. The smallest absolute Gasteiger partial charge is 0.323 e. The zero-order chi connectivity index (χ0) is 18.6. The zero-order valence-corrected chi connectivity index (χ0v) is 14.7. The summed E-state index contributed by atoms with van der Waals surface area (Å²) >= 11 is 0. The average molecular weight is 376 g/mol. The number of anilines is 1. The van der Waals surface area contributed by atoms with Gasteiger partial charge in [0.25, 0.3) is 0 Å². The van der Waals surface area contributed by atoms with Crippen molar-refractivity contribution in [1.29, 1.82) is 0 Å². The second kappa shape index (κ2) is 5.78. The van der Waals surface area contributed by atoms with Crippen molar-refractivity contribution in [3.05, 3.63) is 59.4 Å². The molecule has 0 saturated carbocycles. The number of hydrogen-bond donors (Lipinski definition) is 2. The third kappa shape index (κ3) is 2.48. The van der Waals surface area contributed by atoms with Gasteiger partial charge < -0.3 is 10.0 Å². The standard InChI is InChI=1S/C18H17FN2O4S/c1-10-17(12-4-2-3-5-14(12)21(10)9-16(22)23)18-13-7-6-11(19)8-15(13)26(24,25)20-18/h2-8,10,17-18,20H,9H2,1H3,(H,22,23). The summed E-state index contributed by atoms with van der Waals surface area (Å²) in [6.45, 7) is 1.70. The van der Waals surface area contributed by atoms with E-state index in [1.807, 2.05) is 31.2 Å². The molecule has 2 heterocycles. The lowest BCUT2D eigenvalue weighted by molar-refractivity contribution is -0.135. The topological polar surface area (TPSA) is 86.7 Å². The van der Waals surface area contributed by atoms with Crippen LogP contribution in [-0.2, 0) is 14.8 Å². The van der Waals surface area contributed by atoms with E-state index in [0.29, 0.717) is 5.56 Å². The number of carboxylic acid groups (broad SMARTS) is 1. The van der Waals surface area contributed by atoms with E-state index in [1.165, 1.54) is 12.1 Å². The maximum atomic E-state index is 13.6. The van der Waals surface area contributed by atoms with Crippen LogP contribution in [0.5, 0.6) is 0 Å². The van der Waals surface area contributed by atoms with Crippen LogP contribution in [0.2, 0.25) is 0 Å². The van der Waals surface area contributed by atoms with Gasteiger partial charge in [0.05, 0.1) is 10.9 Å². The third-order valence-corrected chi connectivity index (χ3v) is 6.66. The zero-order valence-electron chi connectivity index (χ0n) is 13.9. The van der Waals surface area contributed by atoms with Crippen molar-refractivity contribution < 1.29 is 22.7 Å². The molecule has 6 nitrogen and oxygen atoms in total. The van der Waals surface area contributed by atoms with Gasteiger partial charge in [0.2, 0.25) is 10.0 Å². The highest BCUT2D eigenvalue weighted by Gasteiger charge is 2.47. The Morgan fingerprint density at radius 3 is 2.69 bits per heavy atom. The molecule has 2 aromatic carbocycles. The van der Waals surface area contributed by atoms with E-state index in [-0.39, 0.29) is 23.4 Å².